The Balaban J connectivity index is 1.94. The minimum absolute atomic E-state index is 0.537. The molecule has 0 radical (unpaired) electrons. The van der Waals surface area contributed by atoms with Crippen LogP contribution in [0.3, 0.4) is 0 Å². The van der Waals surface area contributed by atoms with Gasteiger partial charge in [-0.3, -0.25) is 0 Å². The molecule has 0 unspecified atom stereocenters. The van der Waals surface area contributed by atoms with E-state index in [1.165, 1.54) is 5.39 Å². The highest BCUT2D eigenvalue weighted by Crippen LogP contribution is 2.24. The third kappa shape index (κ3) is 2.32. The van der Waals surface area contributed by atoms with Crippen LogP contribution in [-0.2, 0) is 19.6 Å². The Labute approximate surface area is 122 Å². The number of aryl methyl sites for hydroxylation is 3. The van der Waals surface area contributed by atoms with E-state index in [4.69, 9.17) is 17.3 Å². The number of benzene rings is 1. The van der Waals surface area contributed by atoms with Gasteiger partial charge in [0.15, 0.2) is 0 Å². The van der Waals surface area contributed by atoms with Crippen molar-refractivity contribution in [3.63, 3.8) is 0 Å². The number of hydrogen-bond donors (Lipinski definition) is 1. The standard InChI is InChI=1S/C15H17ClN4/c1-11-18-4-5-19(11)6-7-20-10-12(9-17)14-3-2-13(16)8-15(14)20/h2-5,8,10H,6-7,9,17H2,1H3. The summed E-state index contributed by atoms with van der Waals surface area (Å²) in [6, 6.07) is 5.95. The van der Waals surface area contributed by atoms with Crippen molar-refractivity contribution in [3.8, 4) is 0 Å². The Kier molecular flexibility index (Phi) is 3.51. The molecule has 20 heavy (non-hydrogen) atoms. The van der Waals surface area contributed by atoms with E-state index in [9.17, 15) is 0 Å². The van der Waals surface area contributed by atoms with Crippen LogP contribution in [0.2, 0.25) is 5.02 Å². The Morgan fingerprint density at radius 2 is 2.05 bits per heavy atom. The maximum Gasteiger partial charge on any atom is 0.105 e. The van der Waals surface area contributed by atoms with Gasteiger partial charge >= 0.3 is 0 Å². The maximum absolute atomic E-state index is 6.11. The summed E-state index contributed by atoms with van der Waals surface area (Å²) in [6.45, 7) is 4.30. The molecule has 0 fully saturated rings. The molecule has 0 aliphatic heterocycles. The predicted octanol–water partition coefficient (Wildman–Crippen LogP) is 2.96. The number of imidazole rings is 1. The number of rotatable bonds is 4. The van der Waals surface area contributed by atoms with E-state index >= 15 is 0 Å². The Morgan fingerprint density at radius 1 is 1.25 bits per heavy atom. The van der Waals surface area contributed by atoms with Crippen molar-refractivity contribution in [1.29, 1.82) is 0 Å². The Hall–Kier alpha value is -1.78. The fourth-order valence-electron chi connectivity index (χ4n) is 2.54. The predicted molar refractivity (Wildman–Crippen MR) is 81.8 cm³/mol. The third-order valence-corrected chi connectivity index (χ3v) is 3.89. The lowest BCUT2D eigenvalue weighted by molar-refractivity contribution is 0.579. The van der Waals surface area contributed by atoms with E-state index in [-0.39, 0.29) is 0 Å². The summed E-state index contributed by atoms with van der Waals surface area (Å²) in [5.41, 5.74) is 8.11. The van der Waals surface area contributed by atoms with Gasteiger partial charge in [0.1, 0.15) is 5.82 Å². The molecule has 0 atom stereocenters. The highest BCUT2D eigenvalue weighted by Gasteiger charge is 2.08. The zero-order valence-corrected chi connectivity index (χ0v) is 12.1. The van der Waals surface area contributed by atoms with Crippen molar-refractivity contribution in [3.05, 3.63) is 53.2 Å². The van der Waals surface area contributed by atoms with E-state index in [1.807, 2.05) is 37.5 Å². The van der Waals surface area contributed by atoms with Gasteiger partial charge < -0.3 is 14.9 Å². The van der Waals surface area contributed by atoms with Crippen LogP contribution in [-0.4, -0.2) is 14.1 Å². The molecule has 3 aromatic rings. The van der Waals surface area contributed by atoms with Gasteiger partial charge in [0.25, 0.3) is 0 Å². The number of nitrogens with two attached hydrogens (primary N) is 1. The lowest BCUT2D eigenvalue weighted by Gasteiger charge is -2.08. The molecule has 0 spiro atoms. The van der Waals surface area contributed by atoms with Crippen LogP contribution in [0.5, 0.6) is 0 Å². The second-order valence-electron chi connectivity index (χ2n) is 4.88. The molecule has 0 aliphatic carbocycles. The molecule has 0 aliphatic rings. The van der Waals surface area contributed by atoms with Gasteiger partial charge in [-0.1, -0.05) is 17.7 Å². The SMILES string of the molecule is Cc1nccn1CCn1cc(CN)c2ccc(Cl)cc21. The first-order valence-electron chi connectivity index (χ1n) is 6.64. The van der Waals surface area contributed by atoms with Crippen LogP contribution in [0.1, 0.15) is 11.4 Å². The summed E-state index contributed by atoms with van der Waals surface area (Å²) in [4.78, 5) is 4.24. The summed E-state index contributed by atoms with van der Waals surface area (Å²) in [6.07, 6.45) is 5.94. The monoisotopic (exact) mass is 288 g/mol. The lowest BCUT2D eigenvalue weighted by atomic mass is 10.2. The largest absolute Gasteiger partial charge is 0.345 e. The van der Waals surface area contributed by atoms with Crippen LogP contribution in [0.4, 0.5) is 0 Å². The van der Waals surface area contributed by atoms with Gasteiger partial charge in [-0.05, 0) is 24.6 Å². The molecule has 1 aromatic carbocycles. The Bertz CT molecular complexity index is 741. The summed E-state index contributed by atoms with van der Waals surface area (Å²) >= 11 is 6.11. The lowest BCUT2D eigenvalue weighted by Crippen LogP contribution is -2.07. The molecule has 0 saturated carbocycles. The topological polar surface area (TPSA) is 48.8 Å². The first-order valence-corrected chi connectivity index (χ1v) is 7.02. The second kappa shape index (κ2) is 5.31. The van der Waals surface area contributed by atoms with Crippen LogP contribution < -0.4 is 5.73 Å². The average Bonchev–Trinajstić information content (AvgIpc) is 3.00. The summed E-state index contributed by atoms with van der Waals surface area (Å²) in [7, 11) is 0. The molecular weight excluding hydrogens is 272 g/mol. The highest BCUT2D eigenvalue weighted by molar-refractivity contribution is 6.31. The van der Waals surface area contributed by atoms with E-state index in [1.54, 1.807) is 0 Å². The normalized spacial score (nSPS) is 11.3. The summed E-state index contributed by atoms with van der Waals surface area (Å²) in [5.74, 6) is 1.03. The van der Waals surface area contributed by atoms with Crippen LogP contribution in [0.25, 0.3) is 10.9 Å². The number of aromatic nitrogens is 3. The fourth-order valence-corrected chi connectivity index (χ4v) is 2.71. The Morgan fingerprint density at radius 3 is 2.75 bits per heavy atom. The smallest absolute Gasteiger partial charge is 0.105 e. The van der Waals surface area contributed by atoms with Crippen molar-refractivity contribution in [2.75, 3.05) is 0 Å². The zero-order valence-electron chi connectivity index (χ0n) is 11.4. The second-order valence-corrected chi connectivity index (χ2v) is 5.32. The molecule has 2 N–H and O–H groups in total. The van der Waals surface area contributed by atoms with Crippen LogP contribution in [0, 0.1) is 6.92 Å². The number of nitrogens with zero attached hydrogens (tertiary/aromatic N) is 3. The number of hydrogen-bond acceptors (Lipinski definition) is 2. The molecule has 0 amide bonds. The van der Waals surface area contributed by atoms with E-state index in [0.717, 1.165) is 35.0 Å². The first-order chi connectivity index (χ1) is 9.69. The van der Waals surface area contributed by atoms with Crippen LogP contribution in [0.15, 0.2) is 36.8 Å². The maximum atomic E-state index is 6.11. The molecule has 5 heteroatoms. The van der Waals surface area contributed by atoms with Gasteiger partial charge in [-0.25, -0.2) is 4.98 Å². The molecule has 4 nitrogen and oxygen atoms in total. The molecule has 2 aromatic heterocycles. The first kappa shape index (κ1) is 13.2. The minimum atomic E-state index is 0.537. The van der Waals surface area contributed by atoms with Gasteiger partial charge in [-0.2, -0.15) is 0 Å². The quantitative estimate of drug-likeness (QED) is 0.802. The number of halogens is 1. The van der Waals surface area contributed by atoms with Crippen molar-refractivity contribution in [1.82, 2.24) is 14.1 Å². The molecule has 3 rings (SSSR count). The fraction of sp³-hybridized carbons (Fsp3) is 0.267. The molecule has 104 valence electrons. The van der Waals surface area contributed by atoms with Gasteiger partial charge in [-0.15, -0.1) is 0 Å². The van der Waals surface area contributed by atoms with Crippen molar-refractivity contribution >= 4 is 22.5 Å². The molecular formula is C15H17ClN4. The van der Waals surface area contributed by atoms with Gasteiger partial charge in [0.05, 0.1) is 0 Å². The van der Waals surface area contributed by atoms with E-state index < -0.39 is 0 Å². The molecule has 0 bridgehead atoms. The molecule has 2 heterocycles. The average molecular weight is 289 g/mol. The summed E-state index contributed by atoms with van der Waals surface area (Å²) in [5, 5.41) is 1.93. The molecule has 0 saturated heterocycles. The number of fused-ring (bicyclic) bond motifs is 1. The van der Waals surface area contributed by atoms with Gasteiger partial charge in [0, 0.05) is 54.2 Å². The highest BCUT2D eigenvalue weighted by atomic mass is 35.5. The van der Waals surface area contributed by atoms with E-state index in [0.29, 0.717) is 6.54 Å². The van der Waals surface area contributed by atoms with E-state index in [2.05, 4.69) is 20.3 Å². The van der Waals surface area contributed by atoms with Crippen LogP contribution >= 0.6 is 11.6 Å². The summed E-state index contributed by atoms with van der Waals surface area (Å²) < 4.78 is 4.35. The van der Waals surface area contributed by atoms with Gasteiger partial charge in [0.2, 0.25) is 0 Å². The third-order valence-electron chi connectivity index (χ3n) is 3.65. The van der Waals surface area contributed by atoms with Crippen molar-refractivity contribution < 1.29 is 0 Å². The van der Waals surface area contributed by atoms with Crippen molar-refractivity contribution in [2.45, 2.75) is 26.6 Å². The minimum Gasteiger partial charge on any atom is -0.345 e. The zero-order chi connectivity index (χ0) is 14.1. The van der Waals surface area contributed by atoms with Crippen molar-refractivity contribution in [2.24, 2.45) is 5.73 Å².